The molecule has 0 atom stereocenters. The number of carboxylic acid groups (broad SMARTS) is 1. The lowest BCUT2D eigenvalue weighted by molar-refractivity contribution is -0.137. The Morgan fingerprint density at radius 3 is 2.33 bits per heavy atom. The maximum absolute atomic E-state index is 12.3. The number of allylic oxidation sites excluding steroid dienone is 2. The van der Waals surface area contributed by atoms with Crippen molar-refractivity contribution in [1.82, 2.24) is 0 Å². The molecule has 94 valence electrons. The second-order valence-electron chi connectivity index (χ2n) is 4.29. The molecule has 1 amide bonds. The highest BCUT2D eigenvalue weighted by molar-refractivity contribution is 5.99. The van der Waals surface area contributed by atoms with Crippen LogP contribution in [0.4, 0.5) is 5.69 Å². The van der Waals surface area contributed by atoms with Gasteiger partial charge < -0.3 is 10.0 Å². The number of benzene rings is 1. The Morgan fingerprint density at radius 2 is 1.78 bits per heavy atom. The Labute approximate surface area is 106 Å². The molecule has 18 heavy (non-hydrogen) atoms. The van der Waals surface area contributed by atoms with Crippen LogP contribution in [-0.2, 0) is 9.59 Å². The lowest BCUT2D eigenvalue weighted by atomic mass is 10.1. The summed E-state index contributed by atoms with van der Waals surface area (Å²) < 4.78 is 0. The van der Waals surface area contributed by atoms with Crippen LogP contribution in [0.3, 0.4) is 0 Å². The molecule has 1 N–H and O–H groups in total. The van der Waals surface area contributed by atoms with E-state index in [4.69, 9.17) is 5.11 Å². The van der Waals surface area contributed by atoms with Gasteiger partial charge in [0.05, 0.1) is 0 Å². The molecular formula is C14H15NO3. The van der Waals surface area contributed by atoms with Gasteiger partial charge in [-0.25, -0.2) is 0 Å². The zero-order valence-corrected chi connectivity index (χ0v) is 9.95. The van der Waals surface area contributed by atoms with E-state index < -0.39 is 5.97 Å². The first kappa shape index (κ1) is 12.4. The second-order valence-corrected chi connectivity index (χ2v) is 4.29. The molecule has 0 saturated heterocycles. The zero-order chi connectivity index (χ0) is 13.0. The van der Waals surface area contributed by atoms with Crippen LogP contribution in [0.2, 0.25) is 0 Å². The molecule has 1 aliphatic rings. The average Bonchev–Trinajstić information content (AvgIpc) is 2.90. The van der Waals surface area contributed by atoms with Crippen molar-refractivity contribution >= 4 is 17.6 Å². The molecule has 2 rings (SSSR count). The number of aliphatic carboxylic acids is 1. The number of para-hydroxylation sites is 1. The van der Waals surface area contributed by atoms with Crippen molar-refractivity contribution in [2.45, 2.75) is 12.8 Å². The molecule has 0 aliphatic heterocycles. The van der Waals surface area contributed by atoms with Crippen LogP contribution in [0.1, 0.15) is 12.8 Å². The fourth-order valence-corrected chi connectivity index (χ4v) is 2.08. The second kappa shape index (κ2) is 5.49. The summed E-state index contributed by atoms with van der Waals surface area (Å²) in [4.78, 5) is 24.5. The summed E-state index contributed by atoms with van der Waals surface area (Å²) in [5, 5.41) is 8.93. The van der Waals surface area contributed by atoms with Crippen LogP contribution in [0.15, 0.2) is 42.5 Å². The van der Waals surface area contributed by atoms with E-state index in [1.807, 2.05) is 18.2 Å². The molecule has 0 aromatic heterocycles. The van der Waals surface area contributed by atoms with Gasteiger partial charge in [0, 0.05) is 11.6 Å². The Bertz CT molecular complexity index is 459. The van der Waals surface area contributed by atoms with Crippen LogP contribution in [0.5, 0.6) is 0 Å². The van der Waals surface area contributed by atoms with Crippen LogP contribution in [-0.4, -0.2) is 23.5 Å². The van der Waals surface area contributed by atoms with Crippen LogP contribution in [0.25, 0.3) is 0 Å². The Morgan fingerprint density at radius 1 is 1.17 bits per heavy atom. The van der Waals surface area contributed by atoms with Crippen molar-refractivity contribution in [2.75, 3.05) is 11.4 Å². The quantitative estimate of drug-likeness (QED) is 0.826. The number of carboxylic acids is 1. The number of hydrogen-bond acceptors (Lipinski definition) is 2. The Balaban J connectivity index is 2.19. The maximum atomic E-state index is 12.3. The third kappa shape index (κ3) is 2.77. The molecule has 4 nitrogen and oxygen atoms in total. The first-order chi connectivity index (χ1) is 8.68. The summed E-state index contributed by atoms with van der Waals surface area (Å²) >= 11 is 0. The van der Waals surface area contributed by atoms with Gasteiger partial charge in [0.15, 0.2) is 0 Å². The topological polar surface area (TPSA) is 57.6 Å². The molecule has 0 bridgehead atoms. The maximum Gasteiger partial charge on any atom is 0.323 e. The molecule has 0 heterocycles. The van der Waals surface area contributed by atoms with Gasteiger partial charge in [-0.15, -0.1) is 0 Å². The summed E-state index contributed by atoms with van der Waals surface area (Å²) in [5.74, 6) is -1.24. The average molecular weight is 245 g/mol. The predicted molar refractivity (Wildman–Crippen MR) is 68.3 cm³/mol. The Hall–Kier alpha value is -2.10. The number of rotatable bonds is 4. The largest absolute Gasteiger partial charge is 0.480 e. The lowest BCUT2D eigenvalue weighted by Crippen LogP contribution is -2.39. The number of carbonyl (C=O) groups is 2. The molecule has 0 saturated carbocycles. The highest BCUT2D eigenvalue weighted by atomic mass is 16.4. The standard InChI is InChI=1S/C14H15NO3/c16-13(17)10-15(12-8-2-1-3-9-12)14(18)11-6-4-5-7-11/h1-5,8-9,11H,6-7,10H2,(H,16,17). The van der Waals surface area contributed by atoms with E-state index in [9.17, 15) is 9.59 Å². The summed E-state index contributed by atoms with van der Waals surface area (Å²) in [6.45, 7) is -0.292. The summed E-state index contributed by atoms with van der Waals surface area (Å²) in [7, 11) is 0. The van der Waals surface area contributed by atoms with E-state index in [2.05, 4.69) is 0 Å². The van der Waals surface area contributed by atoms with Crippen molar-refractivity contribution in [3.8, 4) is 0 Å². The fraction of sp³-hybridized carbons (Fsp3) is 0.286. The van der Waals surface area contributed by atoms with Gasteiger partial charge in [-0.1, -0.05) is 30.4 Å². The van der Waals surface area contributed by atoms with Crippen LogP contribution >= 0.6 is 0 Å². The minimum atomic E-state index is -1.00. The third-order valence-corrected chi connectivity index (χ3v) is 2.98. The number of amides is 1. The fourth-order valence-electron chi connectivity index (χ4n) is 2.08. The molecular weight excluding hydrogens is 230 g/mol. The zero-order valence-electron chi connectivity index (χ0n) is 9.95. The van der Waals surface area contributed by atoms with Crippen LogP contribution in [0, 0.1) is 5.92 Å². The van der Waals surface area contributed by atoms with Gasteiger partial charge in [-0.2, -0.15) is 0 Å². The molecule has 0 unspecified atom stereocenters. The van der Waals surface area contributed by atoms with Crippen molar-refractivity contribution < 1.29 is 14.7 Å². The third-order valence-electron chi connectivity index (χ3n) is 2.98. The molecule has 1 aromatic carbocycles. The minimum Gasteiger partial charge on any atom is -0.480 e. The predicted octanol–water partition coefficient (Wildman–Crippen LogP) is 2.07. The summed E-state index contributed by atoms with van der Waals surface area (Å²) in [6, 6.07) is 8.94. The van der Waals surface area contributed by atoms with E-state index >= 15 is 0 Å². The lowest BCUT2D eigenvalue weighted by Gasteiger charge is -2.24. The number of anilines is 1. The van der Waals surface area contributed by atoms with Gasteiger partial charge in [0.25, 0.3) is 0 Å². The smallest absolute Gasteiger partial charge is 0.323 e. The molecule has 0 radical (unpaired) electrons. The van der Waals surface area contributed by atoms with E-state index in [-0.39, 0.29) is 18.4 Å². The number of hydrogen-bond donors (Lipinski definition) is 1. The van der Waals surface area contributed by atoms with Crippen molar-refractivity contribution in [3.63, 3.8) is 0 Å². The van der Waals surface area contributed by atoms with E-state index in [1.54, 1.807) is 24.3 Å². The first-order valence-electron chi connectivity index (χ1n) is 5.91. The van der Waals surface area contributed by atoms with Gasteiger partial charge in [-0.05, 0) is 25.0 Å². The van der Waals surface area contributed by atoms with Gasteiger partial charge in [0.2, 0.25) is 5.91 Å². The normalized spacial score (nSPS) is 14.7. The monoisotopic (exact) mass is 245 g/mol. The van der Waals surface area contributed by atoms with Gasteiger partial charge in [0.1, 0.15) is 6.54 Å². The van der Waals surface area contributed by atoms with Crippen molar-refractivity contribution in [2.24, 2.45) is 5.92 Å². The SMILES string of the molecule is O=C(O)CN(C(=O)C1CC=CC1)c1ccccc1. The summed E-state index contributed by atoms with van der Waals surface area (Å²) in [5.41, 5.74) is 0.636. The van der Waals surface area contributed by atoms with E-state index in [0.717, 1.165) is 0 Å². The van der Waals surface area contributed by atoms with Gasteiger partial charge in [-0.3, -0.25) is 9.59 Å². The highest BCUT2D eigenvalue weighted by Crippen LogP contribution is 2.23. The molecule has 0 spiro atoms. The van der Waals surface area contributed by atoms with E-state index in [1.165, 1.54) is 4.90 Å². The first-order valence-corrected chi connectivity index (χ1v) is 5.91. The van der Waals surface area contributed by atoms with Crippen LogP contribution < -0.4 is 4.90 Å². The highest BCUT2D eigenvalue weighted by Gasteiger charge is 2.27. The number of carbonyl (C=O) groups excluding carboxylic acids is 1. The van der Waals surface area contributed by atoms with Crippen molar-refractivity contribution in [3.05, 3.63) is 42.5 Å². The minimum absolute atomic E-state index is 0.117. The molecule has 0 fully saturated rings. The van der Waals surface area contributed by atoms with Gasteiger partial charge >= 0.3 is 5.97 Å². The molecule has 1 aliphatic carbocycles. The molecule has 4 heteroatoms. The summed E-state index contributed by atoms with van der Waals surface area (Å²) in [6.07, 6.45) is 5.32. The van der Waals surface area contributed by atoms with E-state index in [0.29, 0.717) is 18.5 Å². The van der Waals surface area contributed by atoms with Crippen molar-refractivity contribution in [1.29, 1.82) is 0 Å². The number of nitrogens with zero attached hydrogens (tertiary/aromatic N) is 1. The Kier molecular flexibility index (Phi) is 3.77. The molecule has 1 aromatic rings.